The third-order valence-electron chi connectivity index (χ3n) is 4.77. The Morgan fingerprint density at radius 1 is 1.00 bits per heavy atom. The molecule has 0 aliphatic heterocycles. The number of aromatic nitrogens is 3. The Bertz CT molecular complexity index is 1160. The van der Waals surface area contributed by atoms with Gasteiger partial charge in [-0.2, -0.15) is 5.10 Å². The molecule has 4 aromatic rings. The minimum Gasteiger partial charge on any atom is -0.497 e. The van der Waals surface area contributed by atoms with Crippen molar-refractivity contribution >= 4 is 11.6 Å². The molecule has 0 saturated heterocycles. The van der Waals surface area contributed by atoms with Crippen LogP contribution in [0.1, 0.15) is 15.9 Å². The number of aryl methyl sites for hydroxylation is 1. The van der Waals surface area contributed by atoms with Crippen LogP contribution in [0.3, 0.4) is 0 Å². The Morgan fingerprint density at radius 3 is 2.40 bits per heavy atom. The van der Waals surface area contributed by atoms with Crippen LogP contribution >= 0.6 is 0 Å². The van der Waals surface area contributed by atoms with Crippen LogP contribution in [0.15, 0.2) is 73.2 Å². The number of anilines is 1. The number of amides is 1. The lowest BCUT2D eigenvalue weighted by Crippen LogP contribution is -2.16. The van der Waals surface area contributed by atoms with Crippen molar-refractivity contribution in [1.29, 1.82) is 0 Å². The van der Waals surface area contributed by atoms with E-state index in [1.807, 2.05) is 60.3 Å². The minimum atomic E-state index is -0.291. The monoisotopic (exact) mass is 402 g/mol. The molecule has 1 amide bonds. The van der Waals surface area contributed by atoms with Gasteiger partial charge in [0.25, 0.3) is 5.91 Å². The van der Waals surface area contributed by atoms with Crippen LogP contribution < -0.4 is 14.8 Å². The Hall–Kier alpha value is -4.00. The van der Waals surface area contributed by atoms with Crippen molar-refractivity contribution in [2.45, 2.75) is 6.92 Å². The van der Waals surface area contributed by atoms with E-state index in [9.17, 15) is 4.79 Å². The van der Waals surface area contributed by atoms with Gasteiger partial charge in [-0.25, -0.2) is 4.68 Å². The topological polar surface area (TPSA) is 70.3 Å². The Labute approximate surface area is 174 Å². The zero-order chi connectivity index (χ0) is 21.1. The highest BCUT2D eigenvalue weighted by Gasteiger charge is 2.21. The molecule has 7 heteroatoms. The van der Waals surface area contributed by atoms with E-state index in [1.165, 1.54) is 0 Å². The SMILES string of the molecule is COc1ccc(NC(=O)c2cnn(-c3ccc(C)cc3)c2-n2cccc2)c(OC)c1. The average Bonchev–Trinajstić information content (AvgIpc) is 3.44. The van der Waals surface area contributed by atoms with Crippen LogP contribution in [0.2, 0.25) is 0 Å². The fraction of sp³-hybridized carbons (Fsp3) is 0.130. The molecule has 0 spiro atoms. The van der Waals surface area contributed by atoms with Gasteiger partial charge in [0.1, 0.15) is 17.1 Å². The first-order valence-electron chi connectivity index (χ1n) is 9.42. The van der Waals surface area contributed by atoms with Crippen LogP contribution in [-0.2, 0) is 0 Å². The molecular weight excluding hydrogens is 380 g/mol. The minimum absolute atomic E-state index is 0.291. The van der Waals surface area contributed by atoms with Crippen LogP contribution in [0, 0.1) is 6.92 Å². The number of nitrogens with zero attached hydrogens (tertiary/aromatic N) is 3. The maximum atomic E-state index is 13.2. The number of benzene rings is 2. The van der Waals surface area contributed by atoms with E-state index in [2.05, 4.69) is 10.4 Å². The summed E-state index contributed by atoms with van der Waals surface area (Å²) in [4.78, 5) is 13.2. The molecule has 1 N–H and O–H groups in total. The summed E-state index contributed by atoms with van der Waals surface area (Å²) in [6.45, 7) is 2.03. The van der Waals surface area contributed by atoms with Crippen LogP contribution in [0.5, 0.6) is 11.5 Å². The highest BCUT2D eigenvalue weighted by Crippen LogP contribution is 2.30. The lowest BCUT2D eigenvalue weighted by Gasteiger charge is -2.13. The van der Waals surface area contributed by atoms with Gasteiger partial charge in [-0.3, -0.25) is 4.79 Å². The van der Waals surface area contributed by atoms with Gasteiger partial charge in [-0.1, -0.05) is 17.7 Å². The Balaban J connectivity index is 1.74. The molecule has 0 bridgehead atoms. The van der Waals surface area contributed by atoms with E-state index >= 15 is 0 Å². The third-order valence-corrected chi connectivity index (χ3v) is 4.77. The lowest BCUT2D eigenvalue weighted by molar-refractivity contribution is 0.102. The number of nitrogens with one attached hydrogen (secondary N) is 1. The molecule has 152 valence electrons. The maximum absolute atomic E-state index is 13.2. The van der Waals surface area contributed by atoms with Crippen molar-refractivity contribution in [3.8, 4) is 23.0 Å². The van der Waals surface area contributed by atoms with Crippen molar-refractivity contribution in [3.63, 3.8) is 0 Å². The van der Waals surface area contributed by atoms with Crippen LogP contribution in [0.25, 0.3) is 11.5 Å². The average molecular weight is 402 g/mol. The Morgan fingerprint density at radius 2 is 1.73 bits per heavy atom. The molecule has 0 atom stereocenters. The summed E-state index contributed by atoms with van der Waals surface area (Å²) in [5, 5.41) is 7.41. The molecule has 2 aromatic heterocycles. The van der Waals surface area contributed by atoms with Crippen molar-refractivity contribution in [1.82, 2.24) is 14.3 Å². The van der Waals surface area contributed by atoms with Gasteiger partial charge in [0.15, 0.2) is 5.82 Å². The van der Waals surface area contributed by atoms with E-state index in [4.69, 9.17) is 9.47 Å². The summed E-state index contributed by atoms with van der Waals surface area (Å²) >= 11 is 0. The second kappa shape index (κ2) is 8.16. The highest BCUT2D eigenvalue weighted by atomic mass is 16.5. The summed E-state index contributed by atoms with van der Waals surface area (Å²) in [6, 6.07) is 17.0. The molecule has 4 rings (SSSR count). The summed E-state index contributed by atoms with van der Waals surface area (Å²) < 4.78 is 14.2. The van der Waals surface area contributed by atoms with E-state index in [0.29, 0.717) is 28.6 Å². The van der Waals surface area contributed by atoms with Gasteiger partial charge in [-0.15, -0.1) is 0 Å². The molecular formula is C23H22N4O3. The van der Waals surface area contributed by atoms with Crippen molar-refractivity contribution in [2.24, 2.45) is 0 Å². The lowest BCUT2D eigenvalue weighted by atomic mass is 10.2. The van der Waals surface area contributed by atoms with Gasteiger partial charge in [0.2, 0.25) is 0 Å². The van der Waals surface area contributed by atoms with Gasteiger partial charge < -0.3 is 19.4 Å². The van der Waals surface area contributed by atoms with Crippen LogP contribution in [0.4, 0.5) is 5.69 Å². The first kappa shape index (κ1) is 19.3. The number of carbonyl (C=O) groups is 1. The number of carbonyl (C=O) groups excluding carboxylic acids is 1. The van der Waals surface area contributed by atoms with Gasteiger partial charge in [0, 0.05) is 18.5 Å². The van der Waals surface area contributed by atoms with Crippen molar-refractivity contribution in [3.05, 3.63) is 84.3 Å². The van der Waals surface area contributed by atoms with Crippen LogP contribution in [-0.4, -0.2) is 34.5 Å². The van der Waals surface area contributed by atoms with E-state index in [0.717, 1.165) is 11.3 Å². The largest absolute Gasteiger partial charge is 0.497 e. The van der Waals surface area contributed by atoms with Gasteiger partial charge in [0.05, 0.1) is 31.8 Å². The summed E-state index contributed by atoms with van der Waals surface area (Å²) in [5.41, 5.74) is 3.00. The zero-order valence-electron chi connectivity index (χ0n) is 17.0. The molecule has 0 radical (unpaired) electrons. The second-order valence-corrected chi connectivity index (χ2v) is 6.74. The fourth-order valence-corrected chi connectivity index (χ4v) is 3.19. The van der Waals surface area contributed by atoms with E-state index < -0.39 is 0 Å². The summed E-state index contributed by atoms with van der Waals surface area (Å²) in [7, 11) is 3.13. The molecule has 30 heavy (non-hydrogen) atoms. The normalized spacial score (nSPS) is 10.6. The molecule has 0 aliphatic carbocycles. The maximum Gasteiger partial charge on any atom is 0.261 e. The molecule has 2 aromatic carbocycles. The van der Waals surface area contributed by atoms with E-state index in [-0.39, 0.29) is 5.91 Å². The standard InChI is InChI=1S/C23H22N4O3/c1-16-6-8-17(9-7-16)27-23(26-12-4-5-13-26)19(15-24-27)22(28)25-20-11-10-18(29-2)14-21(20)30-3/h4-15H,1-3H3,(H,25,28). The molecule has 7 nitrogen and oxygen atoms in total. The van der Waals surface area contributed by atoms with Crippen molar-refractivity contribution < 1.29 is 14.3 Å². The number of hydrogen-bond donors (Lipinski definition) is 1. The molecule has 0 fully saturated rings. The molecule has 0 aliphatic rings. The summed E-state index contributed by atoms with van der Waals surface area (Å²) in [5.74, 6) is 1.51. The second-order valence-electron chi connectivity index (χ2n) is 6.74. The number of ether oxygens (including phenoxy) is 2. The fourth-order valence-electron chi connectivity index (χ4n) is 3.19. The van der Waals surface area contributed by atoms with Gasteiger partial charge in [-0.05, 0) is 43.3 Å². The summed E-state index contributed by atoms with van der Waals surface area (Å²) in [6.07, 6.45) is 5.33. The van der Waals surface area contributed by atoms with Gasteiger partial charge >= 0.3 is 0 Å². The Kier molecular flexibility index (Phi) is 5.26. The molecule has 0 saturated carbocycles. The predicted octanol–water partition coefficient (Wildman–Crippen LogP) is 4.24. The van der Waals surface area contributed by atoms with E-state index in [1.54, 1.807) is 43.3 Å². The first-order valence-corrected chi connectivity index (χ1v) is 9.42. The van der Waals surface area contributed by atoms with Crippen molar-refractivity contribution in [2.75, 3.05) is 19.5 Å². The first-order chi connectivity index (χ1) is 14.6. The molecule has 0 unspecified atom stereocenters. The molecule has 2 heterocycles. The number of hydrogen-bond acceptors (Lipinski definition) is 4. The quantitative estimate of drug-likeness (QED) is 0.524. The smallest absolute Gasteiger partial charge is 0.261 e. The number of rotatable bonds is 6. The highest BCUT2D eigenvalue weighted by molar-refractivity contribution is 6.07. The zero-order valence-corrected chi connectivity index (χ0v) is 17.0. The predicted molar refractivity (Wildman–Crippen MR) is 115 cm³/mol. The number of methoxy groups -OCH3 is 2. The third kappa shape index (κ3) is 3.65.